The van der Waals surface area contributed by atoms with Crippen molar-refractivity contribution in [3.05, 3.63) is 207 Å². The van der Waals surface area contributed by atoms with E-state index in [2.05, 4.69) is 187 Å². The van der Waals surface area contributed by atoms with Crippen molar-refractivity contribution in [3.63, 3.8) is 0 Å². The van der Waals surface area contributed by atoms with Crippen LogP contribution in [0.25, 0.3) is 132 Å². The lowest BCUT2D eigenvalue weighted by atomic mass is 9.99. The first-order valence-corrected chi connectivity index (χ1v) is 21.4. The summed E-state index contributed by atoms with van der Waals surface area (Å²) in [5.74, 6) is 0. The number of hydrogen-bond acceptors (Lipinski definition) is 6. The SMILES string of the molecule is c1ccc2cc(-c3ccc4ccc5ccc(-c6ccc(-c7ccc8ccc(-c9ccc%10ccc(-c%11cc%12cccnc%12c%12ncccc%11%12)nc%10c9)nc8c7)cc6)nc5c4n3)ccc2c1. The van der Waals surface area contributed by atoms with Gasteiger partial charge in [-0.15, -0.1) is 0 Å². The second-order valence-corrected chi connectivity index (χ2v) is 16.3. The highest BCUT2D eigenvalue weighted by Gasteiger charge is 2.14. The van der Waals surface area contributed by atoms with Crippen molar-refractivity contribution in [3.8, 4) is 56.2 Å². The van der Waals surface area contributed by atoms with Gasteiger partial charge in [0.1, 0.15) is 0 Å². The van der Waals surface area contributed by atoms with Gasteiger partial charge in [-0.05, 0) is 82.6 Å². The van der Waals surface area contributed by atoms with Crippen molar-refractivity contribution in [2.45, 2.75) is 0 Å². The molecule has 0 aliphatic heterocycles. The van der Waals surface area contributed by atoms with Gasteiger partial charge in [-0.3, -0.25) is 9.97 Å². The maximum absolute atomic E-state index is 5.22. The number of nitrogens with zero attached hydrogens (tertiary/aromatic N) is 6. The summed E-state index contributed by atoms with van der Waals surface area (Å²) in [5.41, 5.74) is 15.4. The molecule has 6 heteroatoms. The molecule has 0 saturated heterocycles. The molecule has 6 heterocycles. The molecule has 296 valence electrons. The molecule has 0 N–H and O–H groups in total. The minimum absolute atomic E-state index is 0.877. The minimum atomic E-state index is 0.877. The number of benzene rings is 7. The quantitative estimate of drug-likeness (QED) is 0.161. The Morgan fingerprint density at radius 1 is 0.250 bits per heavy atom. The molecule has 0 unspecified atom stereocenters. The van der Waals surface area contributed by atoms with Gasteiger partial charge in [-0.25, -0.2) is 19.9 Å². The molecule has 0 spiro atoms. The van der Waals surface area contributed by atoms with E-state index in [0.29, 0.717) is 0 Å². The van der Waals surface area contributed by atoms with Gasteiger partial charge in [0.25, 0.3) is 0 Å². The molecule has 6 nitrogen and oxygen atoms in total. The summed E-state index contributed by atoms with van der Waals surface area (Å²) in [4.78, 5) is 30.1. The van der Waals surface area contributed by atoms with Gasteiger partial charge >= 0.3 is 0 Å². The van der Waals surface area contributed by atoms with Crippen LogP contribution in [0.15, 0.2) is 207 Å². The van der Waals surface area contributed by atoms with Crippen LogP contribution in [0.1, 0.15) is 0 Å². The standard InChI is InChI=1S/C58H34N6/c1-2-6-42-31-44(19-11-35(42)5-1)51-27-24-41-17-16-40-23-26-49(63-56(40)57(41)64-51)37-12-9-36(10-13-37)43-18-14-38-21-25-50(61-53(38)33-43)45-20-15-39-22-28-52(62-54(39)34-45)48-32-46-7-3-29-59-55(46)58-47(48)8-4-30-60-58/h1-34H. The fraction of sp³-hybridized carbons (Fsp3) is 0. The Morgan fingerprint density at radius 2 is 0.734 bits per heavy atom. The van der Waals surface area contributed by atoms with Crippen LogP contribution in [0.3, 0.4) is 0 Å². The molecule has 0 fully saturated rings. The summed E-state index contributed by atoms with van der Waals surface area (Å²) in [5, 5.41) is 8.77. The van der Waals surface area contributed by atoms with Crippen molar-refractivity contribution >= 4 is 76.2 Å². The van der Waals surface area contributed by atoms with Gasteiger partial charge in [-0.2, -0.15) is 0 Å². The summed E-state index contributed by atoms with van der Waals surface area (Å²) < 4.78 is 0. The Labute approximate surface area is 367 Å². The third kappa shape index (κ3) is 6.11. The number of rotatable bonds is 5. The molecule has 0 aliphatic carbocycles. The summed E-state index contributed by atoms with van der Waals surface area (Å²) in [6.07, 6.45) is 3.64. The lowest BCUT2D eigenvalue weighted by Crippen LogP contribution is -1.92. The molecule has 0 amide bonds. The molecule has 7 aromatic carbocycles. The number of aromatic nitrogens is 6. The average molecular weight is 815 g/mol. The van der Waals surface area contributed by atoms with Gasteiger partial charge in [0, 0.05) is 67.0 Å². The molecule has 0 saturated carbocycles. The lowest BCUT2D eigenvalue weighted by molar-refractivity contribution is 1.36. The summed E-state index contributed by atoms with van der Waals surface area (Å²) >= 11 is 0. The predicted molar refractivity (Wildman–Crippen MR) is 263 cm³/mol. The zero-order valence-corrected chi connectivity index (χ0v) is 34.3. The Kier molecular flexibility index (Phi) is 8.11. The first-order valence-electron chi connectivity index (χ1n) is 21.4. The van der Waals surface area contributed by atoms with E-state index < -0.39 is 0 Å². The topological polar surface area (TPSA) is 77.3 Å². The minimum Gasteiger partial charge on any atom is -0.254 e. The van der Waals surface area contributed by atoms with Gasteiger partial charge in [0.05, 0.1) is 55.9 Å². The number of hydrogen-bond donors (Lipinski definition) is 0. The maximum Gasteiger partial charge on any atom is 0.0972 e. The first-order chi connectivity index (χ1) is 31.6. The number of pyridine rings is 6. The van der Waals surface area contributed by atoms with E-state index >= 15 is 0 Å². The van der Waals surface area contributed by atoms with Gasteiger partial charge in [-0.1, -0.05) is 133 Å². The molecule has 0 aliphatic rings. The highest BCUT2D eigenvalue weighted by molar-refractivity contribution is 6.10. The van der Waals surface area contributed by atoms with Crippen molar-refractivity contribution in [2.24, 2.45) is 0 Å². The third-order valence-corrected chi connectivity index (χ3v) is 12.5. The lowest BCUT2D eigenvalue weighted by Gasteiger charge is -2.11. The molecular weight excluding hydrogens is 781 g/mol. The largest absolute Gasteiger partial charge is 0.254 e. The van der Waals surface area contributed by atoms with Gasteiger partial charge < -0.3 is 0 Å². The molecule has 0 bridgehead atoms. The van der Waals surface area contributed by atoms with Crippen LogP contribution in [-0.2, 0) is 0 Å². The highest BCUT2D eigenvalue weighted by Crippen LogP contribution is 2.35. The predicted octanol–water partition coefficient (Wildman–Crippen LogP) is 14.5. The van der Waals surface area contributed by atoms with Gasteiger partial charge in [0.2, 0.25) is 0 Å². The second-order valence-electron chi connectivity index (χ2n) is 16.3. The van der Waals surface area contributed by atoms with Crippen molar-refractivity contribution < 1.29 is 0 Å². The molecule has 13 rings (SSSR count). The van der Waals surface area contributed by atoms with Gasteiger partial charge in [0.15, 0.2) is 0 Å². The fourth-order valence-electron chi connectivity index (χ4n) is 9.14. The second kappa shape index (κ2) is 14.4. The fourth-order valence-corrected chi connectivity index (χ4v) is 9.14. The zero-order valence-electron chi connectivity index (χ0n) is 34.3. The van der Waals surface area contributed by atoms with Crippen LogP contribution >= 0.6 is 0 Å². The van der Waals surface area contributed by atoms with E-state index in [1.807, 2.05) is 24.5 Å². The van der Waals surface area contributed by atoms with Crippen LogP contribution in [0, 0.1) is 0 Å². The van der Waals surface area contributed by atoms with Crippen molar-refractivity contribution in [2.75, 3.05) is 0 Å². The Hall–Kier alpha value is -8.74. The molecule has 0 atom stereocenters. The van der Waals surface area contributed by atoms with Crippen LogP contribution < -0.4 is 0 Å². The maximum atomic E-state index is 5.22. The molecular formula is C58H34N6. The Balaban J connectivity index is 0.812. The average Bonchev–Trinajstić information content (AvgIpc) is 3.37. The highest BCUT2D eigenvalue weighted by atomic mass is 14.8. The van der Waals surface area contributed by atoms with E-state index in [4.69, 9.17) is 24.9 Å². The van der Waals surface area contributed by atoms with Crippen molar-refractivity contribution in [1.29, 1.82) is 0 Å². The third-order valence-electron chi connectivity index (χ3n) is 12.5. The summed E-state index contributed by atoms with van der Waals surface area (Å²) in [6, 6.07) is 68.0. The monoisotopic (exact) mass is 814 g/mol. The van der Waals surface area contributed by atoms with E-state index in [1.165, 1.54) is 10.8 Å². The zero-order chi connectivity index (χ0) is 42.1. The normalized spacial score (nSPS) is 11.8. The molecule has 13 aromatic rings. The molecule has 0 radical (unpaired) electrons. The molecule has 64 heavy (non-hydrogen) atoms. The van der Waals surface area contributed by atoms with Crippen LogP contribution in [-0.4, -0.2) is 29.9 Å². The van der Waals surface area contributed by atoms with E-state index in [9.17, 15) is 0 Å². The Morgan fingerprint density at radius 3 is 1.48 bits per heavy atom. The Bertz CT molecular complexity index is 4030. The van der Waals surface area contributed by atoms with Crippen molar-refractivity contribution in [1.82, 2.24) is 29.9 Å². The molecule has 6 aromatic heterocycles. The van der Waals surface area contributed by atoms with E-state index in [1.54, 1.807) is 0 Å². The first kappa shape index (κ1) is 36.0. The summed E-state index contributed by atoms with van der Waals surface area (Å²) in [7, 11) is 0. The van der Waals surface area contributed by atoms with Crippen LogP contribution in [0.2, 0.25) is 0 Å². The van der Waals surface area contributed by atoms with E-state index in [0.717, 1.165) is 122 Å². The smallest absolute Gasteiger partial charge is 0.0972 e. The van der Waals surface area contributed by atoms with Crippen LogP contribution in [0.4, 0.5) is 0 Å². The number of fused-ring (bicyclic) bond motifs is 9. The summed E-state index contributed by atoms with van der Waals surface area (Å²) in [6.45, 7) is 0. The van der Waals surface area contributed by atoms with Crippen LogP contribution in [0.5, 0.6) is 0 Å². The van der Waals surface area contributed by atoms with E-state index in [-0.39, 0.29) is 0 Å².